The van der Waals surface area contributed by atoms with Gasteiger partial charge in [0.1, 0.15) is 24.1 Å². The van der Waals surface area contributed by atoms with Gasteiger partial charge < -0.3 is 19.1 Å². The molecule has 4 aliphatic carbocycles. The van der Waals surface area contributed by atoms with Gasteiger partial charge in [-0.15, -0.1) is 6.58 Å². The molecule has 7 atom stereocenters. The first-order valence-electron chi connectivity index (χ1n) is 23.5. The summed E-state index contributed by atoms with van der Waals surface area (Å²) in [4.78, 5) is 64.7. The van der Waals surface area contributed by atoms with Gasteiger partial charge in [-0.1, -0.05) is 73.5 Å². The van der Waals surface area contributed by atoms with Crippen molar-refractivity contribution in [1.82, 2.24) is 14.6 Å². The summed E-state index contributed by atoms with van der Waals surface area (Å²) in [5.41, 5.74) is 0.484. The average molecular weight is 892 g/mol. The Morgan fingerprint density at radius 3 is 2.50 bits per heavy atom. The van der Waals surface area contributed by atoms with Crippen LogP contribution in [-0.4, -0.2) is 71.4 Å². The average Bonchev–Trinajstić information content (AvgIpc) is 4.10. The lowest BCUT2D eigenvalue weighted by atomic mass is 9.85. The second-order valence-electron chi connectivity index (χ2n) is 19.5. The van der Waals surface area contributed by atoms with E-state index in [9.17, 15) is 22.8 Å². The van der Waals surface area contributed by atoms with Crippen molar-refractivity contribution < 1.29 is 41.8 Å². The number of para-hydroxylation sites is 1. The van der Waals surface area contributed by atoms with E-state index in [0.717, 1.165) is 74.3 Å². The molecular weight excluding hydrogens is 831 g/mol. The number of nitrogens with one attached hydrogen (secondary N) is 1. The van der Waals surface area contributed by atoms with E-state index < -0.39 is 62.1 Å². The highest BCUT2D eigenvalue weighted by atomic mass is 32.2. The Hall–Kier alpha value is -5.04. The summed E-state index contributed by atoms with van der Waals surface area (Å²) < 4.78 is 48.2. The van der Waals surface area contributed by atoms with Crippen molar-refractivity contribution in [3.8, 4) is 11.6 Å². The number of hydrogen-bond donors (Lipinski definition) is 1. The van der Waals surface area contributed by atoms with E-state index in [0.29, 0.717) is 43.0 Å². The summed E-state index contributed by atoms with van der Waals surface area (Å²) in [5, 5.41) is 0.225. The molecule has 1 saturated heterocycles. The van der Waals surface area contributed by atoms with E-state index >= 15 is 4.79 Å². The zero-order valence-corrected chi connectivity index (χ0v) is 37.7. The summed E-state index contributed by atoms with van der Waals surface area (Å²) >= 11 is 0. The fraction of sp³-hybridized carbons (Fsp3) is 0.549. The normalized spacial score (nSPS) is 30.6. The highest BCUT2D eigenvalue weighted by molar-refractivity contribution is 7.90. The molecule has 0 unspecified atom stereocenters. The van der Waals surface area contributed by atoms with Gasteiger partial charge in [0, 0.05) is 18.2 Å². The fourth-order valence-electron chi connectivity index (χ4n) is 11.2. The van der Waals surface area contributed by atoms with E-state index in [1.807, 2.05) is 61.5 Å². The van der Waals surface area contributed by atoms with Crippen molar-refractivity contribution in [3.05, 3.63) is 90.5 Å². The molecule has 2 aliphatic heterocycles. The number of Topliss-reactive ketones (excluding diaryl/α,β-unsaturated/α-hetero) is 1. The number of esters is 1. The van der Waals surface area contributed by atoms with Crippen molar-refractivity contribution in [2.75, 3.05) is 6.54 Å². The largest absolute Gasteiger partial charge is 0.488 e. The maximum Gasteiger partial charge on any atom is 0.307 e. The lowest BCUT2D eigenvalue weighted by Crippen LogP contribution is -2.48. The van der Waals surface area contributed by atoms with Crippen molar-refractivity contribution in [1.29, 1.82) is 0 Å². The Morgan fingerprint density at radius 1 is 0.984 bits per heavy atom. The van der Waals surface area contributed by atoms with Gasteiger partial charge in [0.25, 0.3) is 0 Å². The van der Waals surface area contributed by atoms with Crippen LogP contribution in [0.4, 0.5) is 0 Å². The van der Waals surface area contributed by atoms with Crippen molar-refractivity contribution in [2.45, 2.75) is 139 Å². The van der Waals surface area contributed by atoms with Gasteiger partial charge >= 0.3 is 5.97 Å². The minimum Gasteiger partial charge on any atom is -0.488 e. The molecular formula is C51H61N3O9S. The molecule has 3 aromatic rings. The Labute approximate surface area is 376 Å². The Bertz CT molecular complexity index is 2430. The van der Waals surface area contributed by atoms with Gasteiger partial charge in [0.2, 0.25) is 27.7 Å². The van der Waals surface area contributed by atoms with E-state index in [1.54, 1.807) is 11.0 Å². The van der Waals surface area contributed by atoms with Crippen LogP contribution in [0.1, 0.15) is 114 Å². The van der Waals surface area contributed by atoms with Gasteiger partial charge in [0.15, 0.2) is 5.78 Å². The molecule has 6 aliphatic rings. The lowest BCUT2D eigenvalue weighted by Gasteiger charge is -2.34. The number of aromatic nitrogens is 1. The number of hydrogen-bond acceptors (Lipinski definition) is 10. The topological polar surface area (TPSA) is 158 Å². The molecule has 64 heavy (non-hydrogen) atoms. The molecule has 0 radical (unpaired) electrons. The van der Waals surface area contributed by atoms with Crippen LogP contribution < -0.4 is 14.2 Å². The molecule has 1 N–H and O–H groups in total. The van der Waals surface area contributed by atoms with Gasteiger partial charge in [-0.25, -0.2) is 13.4 Å². The van der Waals surface area contributed by atoms with Crippen molar-refractivity contribution >= 4 is 44.5 Å². The summed E-state index contributed by atoms with van der Waals surface area (Å²) in [6.07, 6.45) is 14.4. The molecule has 13 heteroatoms. The maximum absolute atomic E-state index is 15.2. The van der Waals surface area contributed by atoms with Crippen LogP contribution in [0.5, 0.6) is 11.6 Å². The lowest BCUT2D eigenvalue weighted by molar-refractivity contribution is -0.166. The SMILES string of the molecule is C=C[C@@H]1C[C@]1(CC(=O)[C@@H]1C[C@@H]2CN1C(=O)[C@H](C1CCCC1)CC(=O)O[C@]1(C)CCC[C@H]1CC/C=C/Cc1c(nc3ccccc3c1OCc1ccccc1)O2)C(=O)NS(=O)(=O)C1CC1. The number of rotatable bonds is 11. The first kappa shape index (κ1) is 44.2. The van der Waals surface area contributed by atoms with Crippen LogP contribution in [0.3, 0.4) is 0 Å². The quantitative estimate of drug-likeness (QED) is 0.147. The van der Waals surface area contributed by atoms with E-state index in [2.05, 4.69) is 23.5 Å². The molecule has 9 rings (SSSR count). The standard InChI is InChI=1S/C51H61N3O9S/c1-3-35-29-51(35,49(58)53-64(59,60)38-24-25-38)30-44(55)43-27-37-31-54(43)48(57)41(34-17-10-11-18-34)28-45(56)63-50(2)26-14-20-36(50)19-8-5-9-22-40-46(61-32-33-15-6-4-7-16-33)39-21-12-13-23-42(39)52-47(40)62-37/h3-7,9,12-13,15-16,21,23,34-38,41,43H,1,8,10-11,14,17-20,22,24-32H2,2H3,(H,53,58)/b9-5+/t35-,36-,37-,41+,43+,50-,51-/m1/s1. The third-order valence-corrected chi connectivity index (χ3v) is 17.0. The maximum atomic E-state index is 15.2. The molecule has 3 heterocycles. The summed E-state index contributed by atoms with van der Waals surface area (Å²) in [7, 11) is -3.87. The number of carbonyl (C=O) groups is 4. The number of pyridine rings is 1. The zero-order valence-electron chi connectivity index (χ0n) is 36.9. The monoisotopic (exact) mass is 891 g/mol. The molecule has 2 bridgehead atoms. The number of carbonyl (C=O) groups excluding carboxylic acids is 4. The Kier molecular flexibility index (Phi) is 12.5. The zero-order chi connectivity index (χ0) is 44.6. The second kappa shape index (κ2) is 18.1. The molecule has 2 aromatic carbocycles. The summed E-state index contributed by atoms with van der Waals surface area (Å²) in [5.74, 6) is -1.75. The van der Waals surface area contributed by atoms with Gasteiger partial charge in [0.05, 0.1) is 46.7 Å². The molecule has 12 nitrogen and oxygen atoms in total. The van der Waals surface area contributed by atoms with Crippen molar-refractivity contribution in [3.63, 3.8) is 0 Å². The van der Waals surface area contributed by atoms with Gasteiger partial charge in [-0.3, -0.25) is 23.9 Å². The number of nitrogens with zero attached hydrogens (tertiary/aromatic N) is 2. The summed E-state index contributed by atoms with van der Waals surface area (Å²) in [6.45, 7) is 6.30. The predicted molar refractivity (Wildman–Crippen MR) is 241 cm³/mol. The highest BCUT2D eigenvalue weighted by Crippen LogP contribution is 2.57. The third-order valence-electron chi connectivity index (χ3n) is 15.2. The Morgan fingerprint density at radius 2 is 1.75 bits per heavy atom. The van der Waals surface area contributed by atoms with E-state index in [1.165, 1.54) is 0 Å². The number of fused-ring (bicyclic) bond motifs is 5. The third kappa shape index (κ3) is 9.11. The van der Waals surface area contributed by atoms with Crippen LogP contribution in [0.2, 0.25) is 0 Å². The molecule has 4 saturated carbocycles. The number of allylic oxidation sites excluding steroid dienone is 3. The number of amides is 2. The molecule has 0 spiro atoms. The van der Waals surface area contributed by atoms with Gasteiger partial charge in [-0.05, 0) is 113 Å². The number of benzene rings is 2. The summed E-state index contributed by atoms with van der Waals surface area (Å²) in [6, 6.07) is 16.7. The first-order valence-corrected chi connectivity index (χ1v) is 25.1. The number of ketones is 1. The number of sulfonamides is 1. The van der Waals surface area contributed by atoms with E-state index in [4.69, 9.17) is 19.2 Å². The van der Waals surface area contributed by atoms with Crippen LogP contribution in [0.15, 0.2) is 79.4 Å². The van der Waals surface area contributed by atoms with Crippen molar-refractivity contribution in [2.24, 2.45) is 29.1 Å². The highest BCUT2D eigenvalue weighted by Gasteiger charge is 2.61. The Balaban J connectivity index is 1.09. The van der Waals surface area contributed by atoms with Crippen LogP contribution in [-0.2, 0) is 47.0 Å². The minimum atomic E-state index is -3.87. The molecule has 1 aromatic heterocycles. The fourth-order valence-corrected chi connectivity index (χ4v) is 12.6. The van der Waals surface area contributed by atoms with E-state index in [-0.39, 0.29) is 55.8 Å². The molecule has 340 valence electrons. The van der Waals surface area contributed by atoms with Crippen LogP contribution in [0, 0.1) is 29.1 Å². The minimum absolute atomic E-state index is 0.0530. The smallest absolute Gasteiger partial charge is 0.307 e. The molecule has 2 amide bonds. The van der Waals surface area contributed by atoms with Crippen LogP contribution in [0.25, 0.3) is 10.9 Å². The number of ether oxygens (including phenoxy) is 3. The predicted octanol–water partition coefficient (Wildman–Crippen LogP) is 8.11. The first-order chi connectivity index (χ1) is 30.9. The van der Waals surface area contributed by atoms with Gasteiger partial charge in [-0.2, -0.15) is 0 Å². The second-order valence-corrected chi connectivity index (χ2v) is 21.5. The van der Waals surface area contributed by atoms with Crippen LogP contribution >= 0.6 is 0 Å². The molecule has 5 fully saturated rings.